The Balaban J connectivity index is 4.33. The minimum Gasteiger partial charge on any atom is -0.481 e. The van der Waals surface area contributed by atoms with Crippen LogP contribution in [0.15, 0.2) is 0 Å². The van der Waals surface area contributed by atoms with E-state index in [-0.39, 0.29) is 11.7 Å². The first-order chi connectivity index (χ1) is 11.3. The molecular weight excluding hydrogens is 377 g/mol. The number of alkyl halides is 7. The van der Waals surface area contributed by atoms with E-state index in [0.29, 0.717) is 25.0 Å². The van der Waals surface area contributed by atoms with Gasteiger partial charge in [-0.2, -0.15) is 42.5 Å². The Morgan fingerprint density at radius 1 is 1.00 bits per heavy atom. The second-order valence-electron chi connectivity index (χ2n) is 5.81. The summed E-state index contributed by atoms with van der Waals surface area (Å²) in [5.41, 5.74) is 0. The number of hydrogen-bond donors (Lipinski definition) is 1. The van der Waals surface area contributed by atoms with Gasteiger partial charge in [-0.15, -0.1) is 0 Å². The van der Waals surface area contributed by atoms with Gasteiger partial charge in [0.1, 0.15) is 0 Å². The van der Waals surface area contributed by atoms with Gasteiger partial charge >= 0.3 is 24.0 Å². The molecular formula is C15H23F7O2S. The Labute approximate surface area is 146 Å². The molecule has 0 radical (unpaired) electrons. The first-order valence-electron chi connectivity index (χ1n) is 7.96. The standard InChI is InChI=1S/C15H23F7O2S/c1-3-10(12(23)24)9-11(4-2)25-8-6-5-7-13(16,17)14(18,19)15(20,21)22/h10-11H,3-9H2,1-2H3,(H,23,24). The topological polar surface area (TPSA) is 37.3 Å². The molecule has 0 aromatic rings. The lowest BCUT2D eigenvalue weighted by Crippen LogP contribution is -2.51. The highest BCUT2D eigenvalue weighted by Crippen LogP contribution is 2.48. The number of carboxylic acid groups (broad SMARTS) is 1. The maximum absolute atomic E-state index is 13.1. The van der Waals surface area contributed by atoms with Crippen molar-refractivity contribution in [3.05, 3.63) is 0 Å². The molecule has 0 amide bonds. The summed E-state index contributed by atoms with van der Waals surface area (Å²) in [6.07, 6.45) is -6.77. The second kappa shape index (κ2) is 9.87. The maximum Gasteiger partial charge on any atom is 0.459 e. The van der Waals surface area contributed by atoms with Crippen LogP contribution in [0.25, 0.3) is 0 Å². The van der Waals surface area contributed by atoms with Crippen LogP contribution in [0, 0.1) is 5.92 Å². The summed E-state index contributed by atoms with van der Waals surface area (Å²) in [7, 11) is 0. The Bertz CT molecular complexity index is 413. The number of unbranched alkanes of at least 4 members (excludes halogenated alkanes) is 1. The molecule has 0 aliphatic rings. The Kier molecular flexibility index (Phi) is 9.61. The van der Waals surface area contributed by atoms with Crippen molar-refractivity contribution >= 4 is 17.7 Å². The third kappa shape index (κ3) is 7.22. The van der Waals surface area contributed by atoms with E-state index in [9.17, 15) is 35.5 Å². The molecule has 0 heterocycles. The molecule has 150 valence electrons. The summed E-state index contributed by atoms with van der Waals surface area (Å²) in [4.78, 5) is 11.0. The normalized spacial score (nSPS) is 15.9. The number of hydrogen-bond acceptors (Lipinski definition) is 2. The molecule has 0 fully saturated rings. The van der Waals surface area contributed by atoms with Crippen molar-refractivity contribution in [2.24, 2.45) is 5.92 Å². The molecule has 10 heteroatoms. The Morgan fingerprint density at radius 3 is 1.96 bits per heavy atom. The molecule has 0 saturated carbocycles. The van der Waals surface area contributed by atoms with E-state index in [1.165, 1.54) is 11.8 Å². The molecule has 1 N–H and O–H groups in total. The molecule has 0 aromatic carbocycles. The van der Waals surface area contributed by atoms with E-state index in [4.69, 9.17) is 5.11 Å². The molecule has 0 bridgehead atoms. The molecule has 2 nitrogen and oxygen atoms in total. The zero-order chi connectivity index (χ0) is 19.9. The van der Waals surface area contributed by atoms with E-state index < -0.39 is 42.8 Å². The fraction of sp³-hybridized carbons (Fsp3) is 0.933. The Hall–Kier alpha value is -0.670. The molecule has 0 rings (SSSR count). The lowest BCUT2D eigenvalue weighted by atomic mass is 9.99. The highest BCUT2D eigenvalue weighted by molar-refractivity contribution is 7.99. The van der Waals surface area contributed by atoms with Crippen molar-refractivity contribution < 1.29 is 40.6 Å². The van der Waals surface area contributed by atoms with Crippen molar-refractivity contribution in [3.8, 4) is 0 Å². The molecule has 0 spiro atoms. The highest BCUT2D eigenvalue weighted by Gasteiger charge is 2.72. The van der Waals surface area contributed by atoms with Gasteiger partial charge in [0.25, 0.3) is 0 Å². The van der Waals surface area contributed by atoms with Gasteiger partial charge in [0, 0.05) is 11.7 Å². The van der Waals surface area contributed by atoms with E-state index in [1.54, 1.807) is 6.92 Å². The third-order valence-electron chi connectivity index (χ3n) is 3.90. The third-order valence-corrected chi connectivity index (χ3v) is 5.42. The van der Waals surface area contributed by atoms with Crippen LogP contribution >= 0.6 is 11.8 Å². The number of carboxylic acids is 1. The number of thioether (sulfide) groups is 1. The van der Waals surface area contributed by atoms with Crippen molar-refractivity contribution in [3.63, 3.8) is 0 Å². The average molecular weight is 400 g/mol. The van der Waals surface area contributed by atoms with Gasteiger partial charge in [-0.3, -0.25) is 4.79 Å². The summed E-state index contributed by atoms with van der Waals surface area (Å²) < 4.78 is 87.7. The predicted octanol–water partition coefficient (Wildman–Crippen LogP) is 6.00. The fourth-order valence-corrected chi connectivity index (χ4v) is 3.48. The molecule has 0 aliphatic heterocycles. The first kappa shape index (κ1) is 24.3. The zero-order valence-corrected chi connectivity index (χ0v) is 14.8. The monoisotopic (exact) mass is 400 g/mol. The van der Waals surface area contributed by atoms with Crippen LogP contribution in [0.5, 0.6) is 0 Å². The predicted molar refractivity (Wildman–Crippen MR) is 82.4 cm³/mol. The summed E-state index contributed by atoms with van der Waals surface area (Å²) in [5.74, 6) is -12.3. The molecule has 2 unspecified atom stereocenters. The molecule has 0 aromatic heterocycles. The highest BCUT2D eigenvalue weighted by atomic mass is 32.2. The maximum atomic E-state index is 13.1. The van der Waals surface area contributed by atoms with Crippen molar-refractivity contribution in [1.82, 2.24) is 0 Å². The van der Waals surface area contributed by atoms with E-state index in [2.05, 4.69) is 0 Å². The fourth-order valence-electron chi connectivity index (χ4n) is 2.18. The number of carbonyl (C=O) groups is 1. The SMILES string of the molecule is CCC(CC(CC)C(=O)O)SCCCCC(F)(F)C(F)(F)C(F)(F)F. The summed E-state index contributed by atoms with van der Waals surface area (Å²) >= 11 is 1.33. The van der Waals surface area contributed by atoms with Crippen molar-refractivity contribution in [1.29, 1.82) is 0 Å². The van der Waals surface area contributed by atoms with Crippen molar-refractivity contribution in [2.75, 3.05) is 5.75 Å². The summed E-state index contributed by atoms with van der Waals surface area (Å²) in [6, 6.07) is 0. The number of aliphatic carboxylic acids is 1. The van der Waals surface area contributed by atoms with Gasteiger partial charge in [-0.25, -0.2) is 0 Å². The molecule has 25 heavy (non-hydrogen) atoms. The summed E-state index contributed by atoms with van der Waals surface area (Å²) in [6.45, 7) is 3.57. The van der Waals surface area contributed by atoms with Gasteiger partial charge in [0.2, 0.25) is 0 Å². The van der Waals surface area contributed by atoms with Crippen LogP contribution in [0.4, 0.5) is 30.7 Å². The first-order valence-corrected chi connectivity index (χ1v) is 9.01. The lowest BCUT2D eigenvalue weighted by molar-refractivity contribution is -0.355. The minimum atomic E-state index is -6.29. The average Bonchev–Trinajstić information content (AvgIpc) is 2.48. The van der Waals surface area contributed by atoms with Crippen LogP contribution in [0.3, 0.4) is 0 Å². The second-order valence-corrected chi connectivity index (χ2v) is 7.22. The van der Waals surface area contributed by atoms with E-state index >= 15 is 0 Å². The van der Waals surface area contributed by atoms with Gasteiger partial charge < -0.3 is 5.11 Å². The van der Waals surface area contributed by atoms with Crippen molar-refractivity contribution in [2.45, 2.75) is 75.6 Å². The van der Waals surface area contributed by atoms with Gasteiger partial charge in [-0.05, 0) is 37.9 Å². The van der Waals surface area contributed by atoms with Gasteiger partial charge in [0.05, 0.1) is 5.92 Å². The van der Waals surface area contributed by atoms with Crippen LogP contribution in [-0.4, -0.2) is 40.1 Å². The van der Waals surface area contributed by atoms with Gasteiger partial charge in [-0.1, -0.05) is 13.8 Å². The lowest BCUT2D eigenvalue weighted by Gasteiger charge is -2.28. The van der Waals surface area contributed by atoms with Crippen LogP contribution in [-0.2, 0) is 4.79 Å². The zero-order valence-electron chi connectivity index (χ0n) is 14.0. The number of halogens is 7. The van der Waals surface area contributed by atoms with Crippen LogP contribution in [0.1, 0.15) is 52.4 Å². The minimum absolute atomic E-state index is 0.0295. The molecule has 0 aliphatic carbocycles. The smallest absolute Gasteiger partial charge is 0.459 e. The summed E-state index contributed by atoms with van der Waals surface area (Å²) in [5, 5.41) is 8.97. The van der Waals surface area contributed by atoms with Crippen LogP contribution in [0.2, 0.25) is 0 Å². The molecule has 2 atom stereocenters. The quantitative estimate of drug-likeness (QED) is 0.322. The number of rotatable bonds is 12. The van der Waals surface area contributed by atoms with Gasteiger partial charge in [0.15, 0.2) is 0 Å². The largest absolute Gasteiger partial charge is 0.481 e. The molecule has 0 saturated heterocycles. The van der Waals surface area contributed by atoms with Crippen LogP contribution < -0.4 is 0 Å². The van der Waals surface area contributed by atoms with E-state index in [0.717, 1.165) is 0 Å². The Morgan fingerprint density at radius 2 is 1.56 bits per heavy atom. The van der Waals surface area contributed by atoms with E-state index in [1.807, 2.05) is 6.92 Å².